The SMILES string of the molecule is CS(=O)c1cccnc1-c1nc(C(F)(F)F)c(Oc2ccc(Cl)c(C(F)(F)F)c2)c(=O)[nH]1. The van der Waals surface area contributed by atoms with Crippen molar-refractivity contribution < 1.29 is 35.3 Å². The number of nitrogens with one attached hydrogen (secondary N) is 1. The normalized spacial score (nSPS) is 13.1. The Morgan fingerprint density at radius 1 is 1.09 bits per heavy atom. The van der Waals surface area contributed by atoms with Gasteiger partial charge in [-0.1, -0.05) is 11.6 Å². The quantitative estimate of drug-likeness (QED) is 0.510. The predicted molar refractivity (Wildman–Crippen MR) is 102 cm³/mol. The number of alkyl halides is 6. The zero-order valence-electron chi connectivity index (χ0n) is 15.6. The number of nitrogens with zero attached hydrogens (tertiary/aromatic N) is 2. The van der Waals surface area contributed by atoms with Gasteiger partial charge >= 0.3 is 12.4 Å². The first kappa shape index (κ1) is 23.7. The first-order chi connectivity index (χ1) is 14.8. The molecule has 0 spiro atoms. The molecule has 0 saturated heterocycles. The second kappa shape index (κ2) is 8.54. The van der Waals surface area contributed by atoms with Gasteiger partial charge in [-0.05, 0) is 30.3 Å². The van der Waals surface area contributed by atoms with Gasteiger partial charge in [0.1, 0.15) is 11.4 Å². The Hall–Kier alpha value is -2.93. The molecule has 0 bridgehead atoms. The van der Waals surface area contributed by atoms with E-state index in [1.165, 1.54) is 24.6 Å². The van der Waals surface area contributed by atoms with E-state index in [0.717, 1.165) is 12.1 Å². The molecule has 14 heteroatoms. The third kappa shape index (κ3) is 4.93. The molecule has 0 amide bonds. The van der Waals surface area contributed by atoms with Gasteiger partial charge in [0.25, 0.3) is 5.56 Å². The molecule has 1 atom stereocenters. The number of pyridine rings is 1. The van der Waals surface area contributed by atoms with Crippen LogP contribution in [0.4, 0.5) is 26.3 Å². The van der Waals surface area contributed by atoms with Gasteiger partial charge in [-0.3, -0.25) is 14.0 Å². The van der Waals surface area contributed by atoms with Gasteiger partial charge in [-0.2, -0.15) is 26.3 Å². The number of rotatable bonds is 4. The van der Waals surface area contributed by atoms with Gasteiger partial charge in [-0.15, -0.1) is 0 Å². The molecule has 2 aromatic heterocycles. The van der Waals surface area contributed by atoms with Crippen molar-refractivity contribution in [3.8, 4) is 23.0 Å². The van der Waals surface area contributed by atoms with Crippen molar-refractivity contribution in [2.75, 3.05) is 6.26 Å². The van der Waals surface area contributed by atoms with E-state index in [0.29, 0.717) is 6.07 Å². The van der Waals surface area contributed by atoms with Crippen LogP contribution in [0.5, 0.6) is 11.5 Å². The minimum atomic E-state index is -5.22. The van der Waals surface area contributed by atoms with Crippen LogP contribution in [0.3, 0.4) is 0 Å². The Kier molecular flexibility index (Phi) is 6.33. The molecular formula is C18H10ClF6N3O3S. The summed E-state index contributed by atoms with van der Waals surface area (Å²) in [6.45, 7) is 0. The highest BCUT2D eigenvalue weighted by molar-refractivity contribution is 7.84. The monoisotopic (exact) mass is 497 g/mol. The van der Waals surface area contributed by atoms with Crippen molar-refractivity contribution in [2.45, 2.75) is 17.2 Å². The highest BCUT2D eigenvalue weighted by Crippen LogP contribution is 2.39. The fraction of sp³-hybridized carbons (Fsp3) is 0.167. The predicted octanol–water partition coefficient (Wildman–Crippen LogP) is 5.05. The van der Waals surface area contributed by atoms with Gasteiger partial charge in [0, 0.05) is 12.5 Å². The van der Waals surface area contributed by atoms with Crippen molar-refractivity contribution in [1.29, 1.82) is 0 Å². The first-order valence-electron chi connectivity index (χ1n) is 8.34. The standard InChI is InChI=1S/C18H10ClF6N3O3S/c1-32(30)11-3-2-6-26-12(11)15-27-14(18(23,24)25)13(16(29)28-15)31-8-4-5-10(19)9(7-8)17(20,21)22/h2-7H,1H3,(H,27,28,29). The molecule has 6 nitrogen and oxygen atoms in total. The van der Waals surface area contributed by atoms with Crippen molar-refractivity contribution in [3.63, 3.8) is 0 Å². The molecule has 3 rings (SSSR count). The van der Waals surface area contributed by atoms with E-state index in [1.54, 1.807) is 0 Å². The van der Waals surface area contributed by atoms with Gasteiger partial charge in [0.2, 0.25) is 5.75 Å². The fourth-order valence-electron chi connectivity index (χ4n) is 2.56. The molecule has 1 aromatic carbocycles. The van der Waals surface area contributed by atoms with E-state index in [4.69, 9.17) is 16.3 Å². The van der Waals surface area contributed by atoms with Crippen LogP contribution < -0.4 is 10.3 Å². The van der Waals surface area contributed by atoms with Crippen LogP contribution in [0, 0.1) is 0 Å². The summed E-state index contributed by atoms with van der Waals surface area (Å²) in [5.41, 5.74) is -4.88. The molecule has 1 N–H and O–H groups in total. The Morgan fingerprint density at radius 2 is 1.78 bits per heavy atom. The van der Waals surface area contributed by atoms with Gasteiger partial charge in [-0.25, -0.2) is 4.98 Å². The van der Waals surface area contributed by atoms with Crippen LogP contribution in [0.1, 0.15) is 11.3 Å². The molecule has 0 saturated carbocycles. The van der Waals surface area contributed by atoms with E-state index in [2.05, 4.69) is 9.97 Å². The van der Waals surface area contributed by atoms with Crippen LogP contribution in [-0.4, -0.2) is 25.4 Å². The second-order valence-electron chi connectivity index (χ2n) is 6.14. The number of aromatic amines is 1. The van der Waals surface area contributed by atoms with Crippen LogP contribution in [0.2, 0.25) is 5.02 Å². The summed E-state index contributed by atoms with van der Waals surface area (Å²) < 4.78 is 96.7. The molecule has 0 fully saturated rings. The first-order valence-corrected chi connectivity index (χ1v) is 10.3. The lowest BCUT2D eigenvalue weighted by Gasteiger charge is -2.15. The zero-order chi connectivity index (χ0) is 23.8. The lowest BCUT2D eigenvalue weighted by atomic mass is 10.2. The minimum Gasteiger partial charge on any atom is -0.449 e. The lowest BCUT2D eigenvalue weighted by Crippen LogP contribution is -2.21. The summed E-state index contributed by atoms with van der Waals surface area (Å²) in [5.74, 6) is -2.75. The minimum absolute atomic E-state index is 0.00460. The maximum Gasteiger partial charge on any atom is 0.437 e. The third-order valence-electron chi connectivity index (χ3n) is 3.91. The van der Waals surface area contributed by atoms with Gasteiger partial charge in [0.05, 0.1) is 26.3 Å². The zero-order valence-corrected chi connectivity index (χ0v) is 17.2. The van der Waals surface area contributed by atoms with Crippen molar-refractivity contribution >= 4 is 22.4 Å². The summed E-state index contributed by atoms with van der Waals surface area (Å²) >= 11 is 5.48. The third-order valence-corrected chi connectivity index (χ3v) is 5.19. The molecule has 0 aliphatic carbocycles. The van der Waals surface area contributed by atoms with Gasteiger partial charge in [0.15, 0.2) is 11.5 Å². The Morgan fingerprint density at radius 3 is 2.38 bits per heavy atom. The van der Waals surface area contributed by atoms with Crippen LogP contribution in [0.15, 0.2) is 46.2 Å². The molecule has 0 aliphatic heterocycles. The van der Waals surface area contributed by atoms with Crippen molar-refractivity contribution in [2.24, 2.45) is 0 Å². The molecule has 1 unspecified atom stereocenters. The van der Waals surface area contributed by atoms with Crippen LogP contribution >= 0.6 is 11.6 Å². The molecule has 32 heavy (non-hydrogen) atoms. The van der Waals surface area contributed by atoms with Gasteiger partial charge < -0.3 is 9.72 Å². The highest BCUT2D eigenvalue weighted by Gasteiger charge is 2.40. The molecule has 2 heterocycles. The summed E-state index contributed by atoms with van der Waals surface area (Å²) in [4.78, 5) is 21.7. The van der Waals surface area contributed by atoms with E-state index in [-0.39, 0.29) is 10.6 Å². The average Bonchev–Trinajstić information content (AvgIpc) is 2.68. The molecule has 170 valence electrons. The Balaban J connectivity index is 2.17. The van der Waals surface area contributed by atoms with Crippen molar-refractivity contribution in [3.05, 3.63) is 63.2 Å². The summed E-state index contributed by atoms with van der Waals surface area (Å²) in [7, 11) is -1.68. The largest absolute Gasteiger partial charge is 0.449 e. The number of hydrogen-bond donors (Lipinski definition) is 1. The molecular weight excluding hydrogens is 488 g/mol. The van der Waals surface area contributed by atoms with E-state index < -0.39 is 62.3 Å². The van der Waals surface area contributed by atoms with E-state index in [1.807, 2.05) is 4.98 Å². The second-order valence-corrected chi connectivity index (χ2v) is 7.89. The molecule has 3 aromatic rings. The average molecular weight is 498 g/mol. The Labute approximate surface area is 182 Å². The van der Waals surface area contributed by atoms with E-state index in [9.17, 15) is 35.3 Å². The van der Waals surface area contributed by atoms with E-state index >= 15 is 0 Å². The molecule has 0 aliphatic rings. The van der Waals surface area contributed by atoms with Crippen LogP contribution in [-0.2, 0) is 23.2 Å². The topological polar surface area (TPSA) is 84.9 Å². The number of H-pyrrole nitrogens is 1. The maximum atomic E-state index is 13.6. The summed E-state index contributed by atoms with van der Waals surface area (Å²) in [6.07, 6.45) is -7.70. The number of benzene rings is 1. The van der Waals surface area contributed by atoms with Crippen LogP contribution in [0.25, 0.3) is 11.5 Å². The number of hydrogen-bond acceptors (Lipinski definition) is 5. The molecule has 0 radical (unpaired) electrons. The highest BCUT2D eigenvalue weighted by atomic mass is 35.5. The Bertz CT molecular complexity index is 1260. The summed E-state index contributed by atoms with van der Waals surface area (Å²) in [5, 5.41) is -0.710. The number of ether oxygens (including phenoxy) is 1. The number of aromatic nitrogens is 3. The van der Waals surface area contributed by atoms with Crippen molar-refractivity contribution in [1.82, 2.24) is 15.0 Å². The smallest absolute Gasteiger partial charge is 0.437 e. The lowest BCUT2D eigenvalue weighted by molar-refractivity contribution is -0.142. The summed E-state index contributed by atoms with van der Waals surface area (Å²) in [6, 6.07) is 4.69. The maximum absolute atomic E-state index is 13.6. The fourth-order valence-corrected chi connectivity index (χ4v) is 3.48. The number of halogens is 7.